The zero-order valence-electron chi connectivity index (χ0n) is 11.7. The third-order valence-electron chi connectivity index (χ3n) is 2.84. The maximum atomic E-state index is 12.2. The van der Waals surface area contributed by atoms with Crippen molar-refractivity contribution in [3.05, 3.63) is 30.3 Å². The van der Waals surface area contributed by atoms with E-state index in [2.05, 4.69) is 17.4 Å². The Morgan fingerprint density at radius 2 is 2.10 bits per heavy atom. The van der Waals surface area contributed by atoms with Gasteiger partial charge in [0.05, 0.1) is 0 Å². The summed E-state index contributed by atoms with van der Waals surface area (Å²) in [6.07, 6.45) is 2.27. The molecule has 110 valence electrons. The van der Waals surface area contributed by atoms with E-state index in [1.807, 2.05) is 30.3 Å². The summed E-state index contributed by atoms with van der Waals surface area (Å²) in [5, 5.41) is 14.4. The summed E-state index contributed by atoms with van der Waals surface area (Å²) in [7, 11) is 0. The second-order valence-electron chi connectivity index (χ2n) is 4.41. The maximum absolute atomic E-state index is 12.2. The minimum Gasteiger partial charge on any atom is -0.409 e. The number of nitrogens with zero attached hydrogens (tertiary/aromatic N) is 2. The van der Waals surface area contributed by atoms with E-state index >= 15 is 0 Å². The zero-order valence-corrected chi connectivity index (χ0v) is 11.7. The summed E-state index contributed by atoms with van der Waals surface area (Å²) in [5.41, 5.74) is 6.25. The number of anilines is 1. The number of amides is 2. The largest absolute Gasteiger partial charge is 0.409 e. The Kier molecular flexibility index (Phi) is 6.95. The van der Waals surface area contributed by atoms with E-state index in [9.17, 15) is 4.79 Å². The van der Waals surface area contributed by atoms with Crippen LogP contribution < -0.4 is 16.0 Å². The number of para-hydroxylation sites is 1. The minimum atomic E-state index is -0.171. The first-order valence-electron chi connectivity index (χ1n) is 6.75. The molecule has 0 atom stereocenters. The fraction of sp³-hybridized carbons (Fsp3) is 0.429. The van der Waals surface area contributed by atoms with Gasteiger partial charge in [0.25, 0.3) is 0 Å². The van der Waals surface area contributed by atoms with Gasteiger partial charge >= 0.3 is 6.03 Å². The Balaban J connectivity index is 2.71. The molecule has 0 heterocycles. The number of carbonyl (C=O) groups excluding carboxylic acids is 1. The number of unbranched alkanes of at least 4 members (excludes halogenated alkanes) is 1. The van der Waals surface area contributed by atoms with Crippen LogP contribution in [0.2, 0.25) is 0 Å². The molecule has 0 radical (unpaired) electrons. The van der Waals surface area contributed by atoms with Crippen molar-refractivity contribution in [3.8, 4) is 0 Å². The molecule has 4 N–H and O–H groups in total. The predicted molar refractivity (Wildman–Crippen MR) is 80.1 cm³/mol. The molecule has 6 nitrogen and oxygen atoms in total. The van der Waals surface area contributed by atoms with Crippen LogP contribution in [0.3, 0.4) is 0 Å². The van der Waals surface area contributed by atoms with Crippen LogP contribution >= 0.6 is 0 Å². The van der Waals surface area contributed by atoms with Crippen LogP contribution in [-0.2, 0) is 0 Å². The molecule has 0 aromatic heterocycles. The highest BCUT2D eigenvalue weighted by atomic mass is 16.4. The molecule has 0 saturated heterocycles. The van der Waals surface area contributed by atoms with Crippen LogP contribution in [0.4, 0.5) is 10.5 Å². The van der Waals surface area contributed by atoms with Gasteiger partial charge in [-0.05, 0) is 18.6 Å². The van der Waals surface area contributed by atoms with Gasteiger partial charge in [0.1, 0.15) is 5.84 Å². The molecule has 0 aliphatic heterocycles. The summed E-state index contributed by atoms with van der Waals surface area (Å²) in [6, 6.07) is 9.16. The zero-order chi connectivity index (χ0) is 14.8. The van der Waals surface area contributed by atoms with Crippen LogP contribution in [0.5, 0.6) is 0 Å². The van der Waals surface area contributed by atoms with Gasteiger partial charge in [-0.3, -0.25) is 4.90 Å². The number of nitrogens with two attached hydrogens (primary N) is 1. The molecule has 0 spiro atoms. The van der Waals surface area contributed by atoms with Gasteiger partial charge in [-0.25, -0.2) is 4.79 Å². The van der Waals surface area contributed by atoms with Crippen molar-refractivity contribution in [1.82, 2.24) is 5.32 Å². The molecule has 20 heavy (non-hydrogen) atoms. The Morgan fingerprint density at radius 3 is 2.70 bits per heavy atom. The van der Waals surface area contributed by atoms with Gasteiger partial charge in [0.2, 0.25) is 0 Å². The number of hydrogen-bond acceptors (Lipinski definition) is 3. The lowest BCUT2D eigenvalue weighted by atomic mass is 10.2. The summed E-state index contributed by atoms with van der Waals surface area (Å²) >= 11 is 0. The van der Waals surface area contributed by atoms with Crippen molar-refractivity contribution < 1.29 is 10.0 Å². The molecule has 0 unspecified atom stereocenters. The Labute approximate surface area is 119 Å². The molecule has 6 heteroatoms. The molecule has 0 saturated carbocycles. The van der Waals surface area contributed by atoms with Crippen molar-refractivity contribution >= 4 is 17.6 Å². The fourth-order valence-electron chi connectivity index (χ4n) is 1.70. The molecular weight excluding hydrogens is 256 g/mol. The van der Waals surface area contributed by atoms with Crippen molar-refractivity contribution in [3.63, 3.8) is 0 Å². The quantitative estimate of drug-likeness (QED) is 0.234. The highest BCUT2D eigenvalue weighted by molar-refractivity contribution is 5.93. The van der Waals surface area contributed by atoms with Crippen molar-refractivity contribution in [2.45, 2.75) is 26.2 Å². The van der Waals surface area contributed by atoms with E-state index in [1.165, 1.54) is 0 Å². The lowest BCUT2D eigenvalue weighted by Crippen LogP contribution is -2.42. The molecule has 0 bridgehead atoms. The third kappa shape index (κ3) is 5.17. The highest BCUT2D eigenvalue weighted by Gasteiger charge is 2.15. The number of amidine groups is 1. The molecule has 0 aliphatic carbocycles. The average Bonchev–Trinajstić information content (AvgIpc) is 2.48. The lowest BCUT2D eigenvalue weighted by molar-refractivity contribution is 0.246. The maximum Gasteiger partial charge on any atom is 0.321 e. The molecule has 1 aromatic carbocycles. The number of rotatable bonds is 7. The van der Waals surface area contributed by atoms with Crippen LogP contribution in [-0.4, -0.2) is 30.2 Å². The van der Waals surface area contributed by atoms with E-state index in [0.29, 0.717) is 19.5 Å². The third-order valence-corrected chi connectivity index (χ3v) is 2.84. The van der Waals surface area contributed by atoms with Gasteiger partial charge in [0, 0.05) is 25.2 Å². The molecule has 0 aliphatic rings. The highest BCUT2D eigenvalue weighted by Crippen LogP contribution is 2.13. The number of oxime groups is 1. The first kappa shape index (κ1) is 15.8. The average molecular weight is 278 g/mol. The monoisotopic (exact) mass is 278 g/mol. The lowest BCUT2D eigenvalue weighted by Gasteiger charge is -2.23. The van der Waals surface area contributed by atoms with E-state index in [4.69, 9.17) is 10.9 Å². The van der Waals surface area contributed by atoms with Crippen molar-refractivity contribution in [1.29, 1.82) is 0 Å². The SMILES string of the molecule is CCCCNC(=O)N(CC/C(N)=N/O)c1ccccc1. The smallest absolute Gasteiger partial charge is 0.321 e. The molecular formula is C14H22N4O2. The second-order valence-corrected chi connectivity index (χ2v) is 4.41. The summed E-state index contributed by atoms with van der Waals surface area (Å²) in [6.45, 7) is 3.07. The van der Waals surface area contributed by atoms with Crippen LogP contribution in [0.15, 0.2) is 35.5 Å². The van der Waals surface area contributed by atoms with Gasteiger partial charge < -0.3 is 16.3 Å². The van der Waals surface area contributed by atoms with Crippen LogP contribution in [0, 0.1) is 0 Å². The van der Waals surface area contributed by atoms with Gasteiger partial charge in [-0.1, -0.05) is 36.7 Å². The standard InChI is InChI=1S/C14H22N4O2/c1-2-3-10-16-14(19)18(11-9-13(15)17-20)12-7-5-4-6-8-12/h4-8,20H,2-3,9-11H2,1H3,(H2,15,17)(H,16,19). The van der Waals surface area contributed by atoms with Crippen molar-refractivity contribution in [2.75, 3.05) is 18.0 Å². The number of nitrogens with one attached hydrogen (secondary N) is 1. The van der Waals surface area contributed by atoms with Gasteiger partial charge in [0.15, 0.2) is 0 Å². The van der Waals surface area contributed by atoms with Crippen LogP contribution in [0.25, 0.3) is 0 Å². The first-order chi connectivity index (χ1) is 9.69. The van der Waals surface area contributed by atoms with E-state index in [-0.39, 0.29) is 11.9 Å². The number of hydrogen-bond donors (Lipinski definition) is 3. The van der Waals surface area contributed by atoms with E-state index < -0.39 is 0 Å². The van der Waals surface area contributed by atoms with Gasteiger partial charge in [-0.2, -0.15) is 0 Å². The predicted octanol–water partition coefficient (Wildman–Crippen LogP) is 2.14. The number of carbonyl (C=O) groups is 1. The topological polar surface area (TPSA) is 91.0 Å². The Bertz CT molecular complexity index is 434. The second kappa shape index (κ2) is 8.79. The first-order valence-corrected chi connectivity index (χ1v) is 6.75. The van der Waals surface area contributed by atoms with Gasteiger partial charge in [-0.15, -0.1) is 0 Å². The fourth-order valence-corrected chi connectivity index (χ4v) is 1.70. The van der Waals surface area contributed by atoms with E-state index in [1.54, 1.807) is 4.90 Å². The van der Waals surface area contributed by atoms with Crippen LogP contribution in [0.1, 0.15) is 26.2 Å². The molecule has 2 amide bonds. The Hall–Kier alpha value is -2.24. The summed E-state index contributed by atoms with van der Waals surface area (Å²) in [5.74, 6) is 0.104. The van der Waals surface area contributed by atoms with Crippen molar-refractivity contribution in [2.24, 2.45) is 10.9 Å². The number of urea groups is 1. The summed E-state index contributed by atoms with van der Waals surface area (Å²) < 4.78 is 0. The minimum absolute atomic E-state index is 0.104. The Morgan fingerprint density at radius 1 is 1.40 bits per heavy atom. The normalized spacial score (nSPS) is 11.2. The van der Waals surface area contributed by atoms with E-state index in [0.717, 1.165) is 18.5 Å². The number of benzene rings is 1. The molecule has 1 aromatic rings. The molecule has 1 rings (SSSR count). The summed E-state index contributed by atoms with van der Waals surface area (Å²) in [4.78, 5) is 13.8. The molecule has 0 fully saturated rings.